The van der Waals surface area contributed by atoms with Crippen molar-refractivity contribution in [2.45, 2.75) is 6.54 Å². The van der Waals surface area contributed by atoms with Gasteiger partial charge in [0.15, 0.2) is 0 Å². The third-order valence-corrected chi connectivity index (χ3v) is 4.37. The molecule has 2 aromatic heterocycles. The van der Waals surface area contributed by atoms with Gasteiger partial charge in [0, 0.05) is 11.5 Å². The van der Waals surface area contributed by atoms with Crippen molar-refractivity contribution in [3.8, 4) is 5.75 Å². The number of hydrogen-bond donors (Lipinski definition) is 2. The molecule has 4 aromatic rings. The fourth-order valence-electron chi connectivity index (χ4n) is 2.98. The number of aromatic amines is 1. The summed E-state index contributed by atoms with van der Waals surface area (Å²) < 4.78 is 6.03. The topological polar surface area (TPSA) is 106 Å². The van der Waals surface area contributed by atoms with E-state index in [1.54, 1.807) is 49.6 Å². The number of hydrogen-bond acceptors (Lipinski definition) is 5. The van der Waals surface area contributed by atoms with Gasteiger partial charge in [0.1, 0.15) is 12.3 Å². The summed E-state index contributed by atoms with van der Waals surface area (Å²) >= 11 is 0. The molecular formula is C20H16N4O4. The second-order valence-electron chi connectivity index (χ2n) is 6.20. The van der Waals surface area contributed by atoms with E-state index in [0.29, 0.717) is 22.3 Å². The molecular weight excluding hydrogens is 360 g/mol. The van der Waals surface area contributed by atoms with Crippen molar-refractivity contribution >= 4 is 33.4 Å². The summed E-state index contributed by atoms with van der Waals surface area (Å²) in [7, 11) is 1.58. The average Bonchev–Trinajstić information content (AvgIpc) is 2.70. The number of para-hydroxylation sites is 1. The monoisotopic (exact) mass is 376 g/mol. The number of amides is 1. The number of anilines is 1. The Kier molecular flexibility index (Phi) is 4.36. The molecule has 0 radical (unpaired) electrons. The van der Waals surface area contributed by atoms with E-state index >= 15 is 0 Å². The van der Waals surface area contributed by atoms with E-state index in [9.17, 15) is 14.4 Å². The highest BCUT2D eigenvalue weighted by atomic mass is 16.5. The number of aromatic nitrogens is 3. The van der Waals surface area contributed by atoms with Crippen molar-refractivity contribution in [1.29, 1.82) is 0 Å². The van der Waals surface area contributed by atoms with Gasteiger partial charge in [0.2, 0.25) is 5.91 Å². The molecule has 0 spiro atoms. The second kappa shape index (κ2) is 6.99. The number of ether oxygens (including phenoxy) is 1. The molecule has 1 amide bonds. The Bertz CT molecular complexity index is 1320. The molecule has 0 atom stereocenters. The van der Waals surface area contributed by atoms with Gasteiger partial charge in [-0.2, -0.15) is 0 Å². The Morgan fingerprint density at radius 2 is 2.00 bits per heavy atom. The largest absolute Gasteiger partial charge is 0.497 e. The first-order valence-electron chi connectivity index (χ1n) is 8.50. The molecule has 0 fully saturated rings. The van der Waals surface area contributed by atoms with Crippen LogP contribution in [-0.2, 0) is 11.3 Å². The Labute approximate surface area is 158 Å². The third-order valence-electron chi connectivity index (χ3n) is 4.37. The molecule has 140 valence electrons. The lowest BCUT2D eigenvalue weighted by atomic mass is 10.2. The minimum Gasteiger partial charge on any atom is -0.497 e. The molecule has 4 rings (SSSR count). The number of fused-ring (bicyclic) bond motifs is 2. The van der Waals surface area contributed by atoms with Gasteiger partial charge >= 0.3 is 5.69 Å². The molecule has 0 aliphatic carbocycles. The summed E-state index contributed by atoms with van der Waals surface area (Å²) in [6.07, 6.45) is 1.51. The van der Waals surface area contributed by atoms with Crippen LogP contribution in [0.15, 0.2) is 64.3 Å². The van der Waals surface area contributed by atoms with Crippen molar-refractivity contribution in [1.82, 2.24) is 14.5 Å². The predicted octanol–water partition coefficient (Wildman–Crippen LogP) is 1.89. The average molecular weight is 376 g/mol. The van der Waals surface area contributed by atoms with Crippen LogP contribution < -0.4 is 21.3 Å². The lowest BCUT2D eigenvalue weighted by Crippen LogP contribution is -2.38. The number of nitrogens with one attached hydrogen (secondary N) is 2. The number of benzene rings is 2. The number of rotatable bonds is 4. The number of carbonyl (C=O) groups excluding carboxylic acids is 1. The quantitative estimate of drug-likeness (QED) is 0.566. The first-order valence-corrected chi connectivity index (χ1v) is 8.50. The van der Waals surface area contributed by atoms with E-state index in [2.05, 4.69) is 15.3 Å². The molecule has 0 saturated carbocycles. The highest BCUT2D eigenvalue weighted by Gasteiger charge is 2.12. The van der Waals surface area contributed by atoms with E-state index in [1.807, 2.05) is 6.07 Å². The molecule has 2 aromatic carbocycles. The highest BCUT2D eigenvalue weighted by Crippen LogP contribution is 2.21. The summed E-state index contributed by atoms with van der Waals surface area (Å²) in [4.78, 5) is 44.0. The fraction of sp³-hybridized carbons (Fsp3) is 0.100. The van der Waals surface area contributed by atoms with Gasteiger partial charge in [0.05, 0.1) is 35.4 Å². The van der Waals surface area contributed by atoms with Gasteiger partial charge in [-0.1, -0.05) is 12.1 Å². The zero-order chi connectivity index (χ0) is 19.7. The van der Waals surface area contributed by atoms with E-state index in [1.165, 1.54) is 6.20 Å². The minimum atomic E-state index is -0.636. The normalized spacial score (nSPS) is 10.9. The van der Waals surface area contributed by atoms with Gasteiger partial charge in [-0.05, 0) is 30.3 Å². The molecule has 0 saturated heterocycles. The third kappa shape index (κ3) is 3.23. The predicted molar refractivity (Wildman–Crippen MR) is 106 cm³/mol. The molecule has 0 bridgehead atoms. The first-order chi connectivity index (χ1) is 13.5. The van der Waals surface area contributed by atoms with Crippen molar-refractivity contribution in [3.05, 3.63) is 75.6 Å². The fourth-order valence-corrected chi connectivity index (χ4v) is 2.98. The Balaban J connectivity index is 1.60. The maximum Gasteiger partial charge on any atom is 0.329 e. The summed E-state index contributed by atoms with van der Waals surface area (Å²) in [6, 6.07) is 13.8. The zero-order valence-electron chi connectivity index (χ0n) is 14.9. The molecule has 8 heteroatoms. The van der Waals surface area contributed by atoms with E-state index in [4.69, 9.17) is 4.74 Å². The van der Waals surface area contributed by atoms with Crippen LogP contribution in [0, 0.1) is 0 Å². The lowest BCUT2D eigenvalue weighted by molar-refractivity contribution is -0.116. The van der Waals surface area contributed by atoms with Gasteiger partial charge in [-0.15, -0.1) is 0 Å². The number of H-pyrrole nitrogens is 1. The number of carbonyl (C=O) groups is 1. The standard InChI is InChI=1S/C20H16N4O4/c1-28-14-7-6-12-8-13(10-21-17(12)9-14)22-18(25)11-24-19(26)15-4-2-3-5-16(15)23-20(24)27/h2-10H,11H2,1H3,(H,22,25)(H,23,27). The van der Waals surface area contributed by atoms with Gasteiger partial charge in [-0.25, -0.2) is 4.79 Å². The van der Waals surface area contributed by atoms with Crippen molar-refractivity contribution < 1.29 is 9.53 Å². The Morgan fingerprint density at radius 3 is 2.82 bits per heavy atom. The smallest absolute Gasteiger partial charge is 0.329 e. The van der Waals surface area contributed by atoms with Gasteiger partial charge < -0.3 is 15.0 Å². The van der Waals surface area contributed by atoms with Crippen LogP contribution in [0.1, 0.15) is 0 Å². The molecule has 2 N–H and O–H groups in total. The second-order valence-corrected chi connectivity index (χ2v) is 6.20. The van der Waals surface area contributed by atoms with Crippen LogP contribution in [-0.4, -0.2) is 27.6 Å². The molecule has 2 heterocycles. The van der Waals surface area contributed by atoms with Crippen molar-refractivity contribution in [3.63, 3.8) is 0 Å². The maximum atomic E-state index is 12.5. The molecule has 0 aliphatic heterocycles. The van der Waals surface area contributed by atoms with Crippen molar-refractivity contribution in [2.24, 2.45) is 0 Å². The molecule has 0 aliphatic rings. The first kappa shape index (κ1) is 17.5. The van der Waals surface area contributed by atoms with E-state index < -0.39 is 23.7 Å². The Morgan fingerprint density at radius 1 is 1.18 bits per heavy atom. The van der Waals surface area contributed by atoms with Crippen LogP contribution in [0.2, 0.25) is 0 Å². The molecule has 8 nitrogen and oxygen atoms in total. The van der Waals surface area contributed by atoms with Gasteiger partial charge in [0.25, 0.3) is 5.56 Å². The van der Waals surface area contributed by atoms with Crippen LogP contribution >= 0.6 is 0 Å². The molecule has 0 unspecified atom stereocenters. The summed E-state index contributed by atoms with van der Waals surface area (Å²) in [5, 5.41) is 3.83. The minimum absolute atomic E-state index is 0.344. The highest BCUT2D eigenvalue weighted by molar-refractivity contribution is 5.93. The SMILES string of the molecule is COc1ccc2cc(NC(=O)Cn3c(=O)[nH]c4ccccc4c3=O)cnc2c1. The number of nitrogens with zero attached hydrogens (tertiary/aromatic N) is 2. The van der Waals surface area contributed by atoms with Crippen LogP contribution in [0.25, 0.3) is 21.8 Å². The maximum absolute atomic E-state index is 12.5. The summed E-state index contributed by atoms with van der Waals surface area (Å²) in [6.45, 7) is -0.403. The van der Waals surface area contributed by atoms with Crippen LogP contribution in [0.3, 0.4) is 0 Å². The zero-order valence-corrected chi connectivity index (χ0v) is 14.9. The van der Waals surface area contributed by atoms with Crippen molar-refractivity contribution in [2.75, 3.05) is 12.4 Å². The molecule has 28 heavy (non-hydrogen) atoms. The van der Waals surface area contributed by atoms with Gasteiger partial charge in [-0.3, -0.25) is 19.1 Å². The number of methoxy groups -OCH3 is 1. The number of pyridine rings is 1. The lowest BCUT2D eigenvalue weighted by Gasteiger charge is -2.09. The van der Waals surface area contributed by atoms with Crippen LogP contribution in [0.5, 0.6) is 5.75 Å². The van der Waals surface area contributed by atoms with E-state index in [0.717, 1.165) is 15.5 Å². The van der Waals surface area contributed by atoms with Crippen LogP contribution in [0.4, 0.5) is 5.69 Å². The van der Waals surface area contributed by atoms with E-state index in [-0.39, 0.29) is 0 Å². The summed E-state index contributed by atoms with van der Waals surface area (Å²) in [5.74, 6) is 0.184. The Hall–Kier alpha value is -3.94. The summed E-state index contributed by atoms with van der Waals surface area (Å²) in [5.41, 5.74) is 0.469.